The maximum absolute atomic E-state index is 13.0. The van der Waals surface area contributed by atoms with E-state index in [0.717, 1.165) is 54.4 Å². The molecule has 10 heteroatoms. The number of carbonyl (C=O) groups is 2. The van der Waals surface area contributed by atoms with Crippen molar-refractivity contribution < 1.29 is 18.7 Å². The van der Waals surface area contributed by atoms with Gasteiger partial charge in [-0.1, -0.05) is 0 Å². The number of amides is 2. The van der Waals surface area contributed by atoms with Crippen molar-refractivity contribution >= 4 is 28.4 Å². The molecule has 0 radical (unpaired) electrons. The van der Waals surface area contributed by atoms with Gasteiger partial charge in [0, 0.05) is 54.1 Å². The van der Waals surface area contributed by atoms with Gasteiger partial charge < -0.3 is 19.8 Å². The lowest BCUT2D eigenvalue weighted by Gasteiger charge is -2.11. The fraction of sp³-hybridized carbons (Fsp3) is 0.346. The molecule has 1 unspecified atom stereocenters. The summed E-state index contributed by atoms with van der Waals surface area (Å²) in [4.78, 5) is 33.4. The van der Waals surface area contributed by atoms with Gasteiger partial charge in [0.2, 0.25) is 11.8 Å². The van der Waals surface area contributed by atoms with Gasteiger partial charge in [-0.2, -0.15) is 5.10 Å². The summed E-state index contributed by atoms with van der Waals surface area (Å²) in [7, 11) is 0. The Balaban J connectivity index is 1.23. The van der Waals surface area contributed by atoms with E-state index in [2.05, 4.69) is 25.7 Å². The molecule has 184 valence electrons. The molecule has 1 aromatic carbocycles. The van der Waals surface area contributed by atoms with Crippen LogP contribution in [0.25, 0.3) is 22.4 Å². The van der Waals surface area contributed by atoms with E-state index < -0.39 is 5.91 Å². The van der Waals surface area contributed by atoms with Gasteiger partial charge in [0.05, 0.1) is 17.3 Å². The minimum absolute atomic E-state index is 0.0318. The third-order valence-corrected chi connectivity index (χ3v) is 6.47. The van der Waals surface area contributed by atoms with E-state index in [1.54, 1.807) is 12.3 Å². The highest BCUT2D eigenvalue weighted by atomic mass is 16.5. The van der Waals surface area contributed by atoms with Gasteiger partial charge in [-0.25, -0.2) is 4.98 Å². The van der Waals surface area contributed by atoms with Crippen LogP contribution < -0.4 is 15.4 Å². The minimum atomic E-state index is -0.393. The number of hydrogen-bond acceptors (Lipinski definition) is 7. The number of nitrogens with zero attached hydrogens (tertiary/aromatic N) is 4. The van der Waals surface area contributed by atoms with Gasteiger partial charge in [0.1, 0.15) is 12.0 Å². The SMILES string of the molecule is Cc1cc(-c2nc(C(=O)Nc3cc4cn(CCC5CCNC5=O)nc4cc3OC3CC3)co2)ccn1. The molecule has 2 aliphatic rings. The Morgan fingerprint density at radius 3 is 2.94 bits per heavy atom. The molecule has 2 N–H and O–H groups in total. The fourth-order valence-electron chi connectivity index (χ4n) is 4.36. The molecule has 36 heavy (non-hydrogen) atoms. The van der Waals surface area contributed by atoms with Gasteiger partial charge in [-0.3, -0.25) is 19.3 Å². The molecule has 1 atom stereocenters. The third-order valence-electron chi connectivity index (χ3n) is 6.47. The highest BCUT2D eigenvalue weighted by molar-refractivity contribution is 6.05. The first kappa shape index (κ1) is 22.3. The Hall–Kier alpha value is -4.21. The number of anilines is 1. The molecule has 1 aliphatic carbocycles. The molecule has 10 nitrogen and oxygen atoms in total. The Labute approximate surface area is 207 Å². The van der Waals surface area contributed by atoms with Crippen molar-refractivity contribution in [1.82, 2.24) is 25.1 Å². The Morgan fingerprint density at radius 1 is 1.28 bits per heavy atom. The van der Waals surface area contributed by atoms with Crippen LogP contribution in [-0.2, 0) is 11.3 Å². The zero-order valence-corrected chi connectivity index (χ0v) is 19.9. The van der Waals surface area contributed by atoms with E-state index in [-0.39, 0.29) is 23.6 Å². The molecular weight excluding hydrogens is 460 g/mol. The first-order valence-corrected chi connectivity index (χ1v) is 12.2. The second-order valence-electron chi connectivity index (χ2n) is 9.36. The quantitative estimate of drug-likeness (QED) is 0.389. The standard InChI is InChI=1S/C26H26N6O4/c1-15-10-17(5-7-27-15)26-30-22(14-35-26)25(34)29-21-11-18-13-32(9-6-16-4-8-28-24(16)33)31-20(18)12-23(21)36-19-2-3-19/h5,7,10-14,16,19H,2-4,6,8-9H2,1H3,(H,28,33)(H,29,34). The lowest BCUT2D eigenvalue weighted by atomic mass is 10.0. The van der Waals surface area contributed by atoms with Crippen molar-refractivity contribution in [2.24, 2.45) is 5.92 Å². The maximum Gasteiger partial charge on any atom is 0.277 e. The first-order valence-electron chi connectivity index (χ1n) is 12.2. The molecule has 2 amide bonds. The average molecular weight is 487 g/mol. The van der Waals surface area contributed by atoms with Gasteiger partial charge in [0.25, 0.3) is 5.91 Å². The van der Waals surface area contributed by atoms with Crippen LogP contribution in [0.4, 0.5) is 5.69 Å². The summed E-state index contributed by atoms with van der Waals surface area (Å²) in [6.45, 7) is 3.26. The highest BCUT2D eigenvalue weighted by Crippen LogP contribution is 2.35. The van der Waals surface area contributed by atoms with Crippen molar-refractivity contribution in [3.8, 4) is 17.2 Å². The minimum Gasteiger partial charge on any atom is -0.488 e. The van der Waals surface area contributed by atoms with E-state index >= 15 is 0 Å². The summed E-state index contributed by atoms with van der Waals surface area (Å²) in [5.74, 6) is 0.687. The molecule has 3 aromatic heterocycles. The number of fused-ring (bicyclic) bond motifs is 1. The van der Waals surface area contributed by atoms with Crippen molar-refractivity contribution in [2.45, 2.75) is 45.3 Å². The summed E-state index contributed by atoms with van der Waals surface area (Å²) in [5.41, 5.74) is 3.08. The summed E-state index contributed by atoms with van der Waals surface area (Å²) in [6, 6.07) is 7.35. The Morgan fingerprint density at radius 2 is 2.17 bits per heavy atom. The number of aryl methyl sites for hydroxylation is 2. The van der Waals surface area contributed by atoms with Crippen molar-refractivity contribution in [3.63, 3.8) is 0 Å². The second-order valence-corrected chi connectivity index (χ2v) is 9.36. The predicted molar refractivity (Wildman–Crippen MR) is 132 cm³/mol. The summed E-state index contributed by atoms with van der Waals surface area (Å²) in [5, 5.41) is 11.3. The van der Waals surface area contributed by atoms with Crippen molar-refractivity contribution in [3.05, 3.63) is 54.3 Å². The van der Waals surface area contributed by atoms with Crippen LogP contribution >= 0.6 is 0 Å². The lowest BCUT2D eigenvalue weighted by Crippen LogP contribution is -2.20. The van der Waals surface area contributed by atoms with Gasteiger partial charge >= 0.3 is 0 Å². The predicted octanol–water partition coefficient (Wildman–Crippen LogP) is 3.71. The molecular formula is C26H26N6O4. The smallest absolute Gasteiger partial charge is 0.277 e. The fourth-order valence-corrected chi connectivity index (χ4v) is 4.36. The van der Waals surface area contributed by atoms with Gasteiger partial charge in [0.15, 0.2) is 5.69 Å². The number of rotatable bonds is 8. The average Bonchev–Trinajstić information content (AvgIpc) is 3.21. The second kappa shape index (κ2) is 9.10. The van der Waals surface area contributed by atoms with E-state index in [0.29, 0.717) is 23.9 Å². The van der Waals surface area contributed by atoms with E-state index in [4.69, 9.17) is 9.15 Å². The van der Waals surface area contributed by atoms with E-state index in [9.17, 15) is 9.59 Å². The number of oxazole rings is 1. The summed E-state index contributed by atoms with van der Waals surface area (Å²) >= 11 is 0. The molecule has 1 saturated heterocycles. The van der Waals surface area contributed by atoms with Gasteiger partial charge in [-0.15, -0.1) is 0 Å². The molecule has 2 fully saturated rings. The maximum atomic E-state index is 13.0. The first-order chi connectivity index (χ1) is 17.5. The highest BCUT2D eigenvalue weighted by Gasteiger charge is 2.27. The number of aromatic nitrogens is 4. The van der Waals surface area contributed by atoms with Crippen LogP contribution in [0.1, 0.15) is 41.9 Å². The van der Waals surface area contributed by atoms with E-state index in [1.807, 2.05) is 36.0 Å². The van der Waals surface area contributed by atoms with Crippen molar-refractivity contribution in [1.29, 1.82) is 0 Å². The molecule has 4 aromatic rings. The summed E-state index contributed by atoms with van der Waals surface area (Å²) in [6.07, 6.45) is 8.67. The normalized spacial score (nSPS) is 17.4. The largest absolute Gasteiger partial charge is 0.488 e. The van der Waals surface area contributed by atoms with E-state index in [1.165, 1.54) is 6.26 Å². The number of ether oxygens (including phenoxy) is 1. The zero-order valence-electron chi connectivity index (χ0n) is 19.9. The van der Waals surface area contributed by atoms with Crippen LogP contribution in [0.3, 0.4) is 0 Å². The molecule has 6 rings (SSSR count). The molecule has 1 saturated carbocycles. The summed E-state index contributed by atoms with van der Waals surface area (Å²) < 4.78 is 13.5. The molecule has 0 spiro atoms. The number of pyridine rings is 1. The Bertz CT molecular complexity index is 1450. The number of nitrogens with one attached hydrogen (secondary N) is 2. The topological polar surface area (TPSA) is 124 Å². The number of benzene rings is 1. The van der Waals surface area contributed by atoms with Crippen LogP contribution in [0.15, 0.2) is 47.3 Å². The Kier molecular flexibility index (Phi) is 5.63. The third kappa shape index (κ3) is 4.66. The molecule has 1 aliphatic heterocycles. The van der Waals surface area contributed by atoms with Crippen LogP contribution in [0.5, 0.6) is 5.75 Å². The van der Waals surface area contributed by atoms with Crippen LogP contribution in [0.2, 0.25) is 0 Å². The number of carbonyl (C=O) groups excluding carboxylic acids is 2. The van der Waals surface area contributed by atoms with Crippen LogP contribution in [0, 0.1) is 12.8 Å². The lowest BCUT2D eigenvalue weighted by molar-refractivity contribution is -0.122. The molecule has 4 heterocycles. The molecule has 0 bridgehead atoms. The number of hydrogen-bond donors (Lipinski definition) is 2. The zero-order chi connectivity index (χ0) is 24.6. The van der Waals surface area contributed by atoms with Crippen molar-refractivity contribution in [2.75, 3.05) is 11.9 Å². The monoisotopic (exact) mass is 486 g/mol. The van der Waals surface area contributed by atoms with Crippen LogP contribution in [-0.4, -0.2) is 44.2 Å². The van der Waals surface area contributed by atoms with Gasteiger partial charge in [-0.05, 0) is 50.8 Å².